The fraction of sp³-hybridized carbons (Fsp3) is 0.538. The van der Waals surface area contributed by atoms with Crippen LogP contribution in [0.1, 0.15) is 50.7 Å². The van der Waals surface area contributed by atoms with Gasteiger partial charge in [0.1, 0.15) is 5.75 Å². The zero-order valence-electron chi connectivity index (χ0n) is 19.0. The van der Waals surface area contributed by atoms with Crippen molar-refractivity contribution in [2.24, 2.45) is 0 Å². The molecule has 0 saturated carbocycles. The van der Waals surface area contributed by atoms with E-state index in [0.29, 0.717) is 6.04 Å². The third kappa shape index (κ3) is 6.48. The smallest absolute Gasteiger partial charge is 0.119 e. The van der Waals surface area contributed by atoms with Crippen LogP contribution in [0.5, 0.6) is 5.75 Å². The Morgan fingerprint density at radius 2 is 1.90 bits per heavy atom. The van der Waals surface area contributed by atoms with Crippen molar-refractivity contribution >= 4 is 5.69 Å². The Balaban J connectivity index is 1.49. The lowest BCUT2D eigenvalue weighted by Gasteiger charge is -2.39. The summed E-state index contributed by atoms with van der Waals surface area (Å²) in [6.07, 6.45) is 4.75. The highest BCUT2D eigenvalue weighted by Gasteiger charge is 2.33. The molecule has 4 heteroatoms. The minimum absolute atomic E-state index is 0.182. The van der Waals surface area contributed by atoms with Crippen LogP contribution in [0.15, 0.2) is 48.5 Å². The second kappa shape index (κ2) is 10.3. The summed E-state index contributed by atoms with van der Waals surface area (Å²) in [5, 5.41) is 14.9. The third-order valence-electron chi connectivity index (χ3n) is 6.23. The molecule has 30 heavy (non-hydrogen) atoms. The standard InChI is InChI=1S/C26H38N2O2/c1-20(2)30-25-13-11-24(12-14-25)28(4)18-16-26(29)15-17-27-23(19-26)10-9-22-8-6-5-7-21(22)3/h5-8,11-14,20,23,27,29H,9-10,15-19H2,1-4H3. The van der Waals surface area contributed by atoms with Gasteiger partial charge >= 0.3 is 0 Å². The van der Waals surface area contributed by atoms with Gasteiger partial charge in [-0.25, -0.2) is 0 Å². The van der Waals surface area contributed by atoms with E-state index in [1.54, 1.807) is 0 Å². The van der Waals surface area contributed by atoms with Crippen LogP contribution >= 0.6 is 0 Å². The highest BCUT2D eigenvalue weighted by molar-refractivity contribution is 5.48. The van der Waals surface area contributed by atoms with Gasteiger partial charge in [-0.2, -0.15) is 0 Å². The van der Waals surface area contributed by atoms with E-state index in [4.69, 9.17) is 4.74 Å². The van der Waals surface area contributed by atoms with Crippen LogP contribution in [0, 0.1) is 6.92 Å². The molecule has 0 spiro atoms. The van der Waals surface area contributed by atoms with Gasteiger partial charge in [0.2, 0.25) is 0 Å². The molecule has 4 nitrogen and oxygen atoms in total. The number of aliphatic hydroxyl groups is 1. The molecule has 164 valence electrons. The van der Waals surface area contributed by atoms with Gasteiger partial charge in [0, 0.05) is 25.3 Å². The summed E-state index contributed by atoms with van der Waals surface area (Å²) in [7, 11) is 2.10. The maximum Gasteiger partial charge on any atom is 0.119 e. The number of nitrogens with one attached hydrogen (secondary N) is 1. The first-order valence-electron chi connectivity index (χ1n) is 11.3. The van der Waals surface area contributed by atoms with Crippen LogP contribution in [-0.2, 0) is 6.42 Å². The molecular weight excluding hydrogens is 372 g/mol. The molecule has 1 saturated heterocycles. The molecule has 2 aromatic rings. The molecule has 3 rings (SSSR count). The molecule has 2 aromatic carbocycles. The molecule has 1 aliphatic rings. The highest BCUT2D eigenvalue weighted by Crippen LogP contribution is 2.29. The number of hydrogen-bond acceptors (Lipinski definition) is 4. The normalized spacial score (nSPS) is 21.6. The molecule has 0 aromatic heterocycles. The number of nitrogens with zero attached hydrogens (tertiary/aromatic N) is 1. The molecule has 2 atom stereocenters. The molecular formula is C26H38N2O2. The molecule has 0 amide bonds. The lowest BCUT2D eigenvalue weighted by molar-refractivity contribution is -0.0106. The van der Waals surface area contributed by atoms with Crippen molar-refractivity contribution in [2.75, 3.05) is 25.0 Å². The fourth-order valence-electron chi connectivity index (χ4n) is 4.35. The van der Waals surface area contributed by atoms with Gasteiger partial charge in [-0.05, 0) is 94.8 Å². The Labute approximate surface area is 182 Å². The van der Waals surface area contributed by atoms with Crippen molar-refractivity contribution in [3.63, 3.8) is 0 Å². The second-order valence-electron chi connectivity index (χ2n) is 9.13. The summed E-state index contributed by atoms with van der Waals surface area (Å²) in [6.45, 7) is 7.98. The average Bonchev–Trinajstić information content (AvgIpc) is 2.72. The Morgan fingerprint density at radius 3 is 2.60 bits per heavy atom. The average molecular weight is 411 g/mol. The third-order valence-corrected chi connectivity index (χ3v) is 6.23. The van der Waals surface area contributed by atoms with Crippen molar-refractivity contribution in [3.05, 3.63) is 59.7 Å². The zero-order chi connectivity index (χ0) is 21.6. The van der Waals surface area contributed by atoms with Gasteiger partial charge in [-0.15, -0.1) is 0 Å². The summed E-state index contributed by atoms with van der Waals surface area (Å²) in [5.41, 5.74) is 3.34. The quantitative estimate of drug-likeness (QED) is 0.628. The van der Waals surface area contributed by atoms with E-state index in [1.165, 1.54) is 11.1 Å². The summed E-state index contributed by atoms with van der Waals surface area (Å²) >= 11 is 0. The lowest BCUT2D eigenvalue weighted by Crippen LogP contribution is -2.49. The number of hydrogen-bond donors (Lipinski definition) is 2. The van der Waals surface area contributed by atoms with E-state index in [2.05, 4.69) is 60.6 Å². The topological polar surface area (TPSA) is 44.7 Å². The summed E-state index contributed by atoms with van der Waals surface area (Å²) in [5.74, 6) is 0.899. The van der Waals surface area contributed by atoms with E-state index in [-0.39, 0.29) is 6.10 Å². The molecule has 0 aliphatic carbocycles. The largest absolute Gasteiger partial charge is 0.491 e. The van der Waals surface area contributed by atoms with Gasteiger partial charge < -0.3 is 20.1 Å². The summed E-state index contributed by atoms with van der Waals surface area (Å²) < 4.78 is 5.73. The minimum Gasteiger partial charge on any atom is -0.491 e. The van der Waals surface area contributed by atoms with Crippen molar-refractivity contribution < 1.29 is 9.84 Å². The molecule has 2 N–H and O–H groups in total. The molecule has 1 fully saturated rings. The van der Waals surface area contributed by atoms with Crippen LogP contribution in [0.25, 0.3) is 0 Å². The summed E-state index contributed by atoms with van der Waals surface area (Å²) in [6, 6.07) is 17.2. The number of ether oxygens (including phenoxy) is 1. The Hall–Kier alpha value is -2.04. The first-order valence-corrected chi connectivity index (χ1v) is 11.3. The van der Waals surface area contributed by atoms with Crippen molar-refractivity contribution in [1.29, 1.82) is 0 Å². The zero-order valence-corrected chi connectivity index (χ0v) is 19.0. The van der Waals surface area contributed by atoms with Gasteiger partial charge in [-0.1, -0.05) is 24.3 Å². The maximum absolute atomic E-state index is 11.2. The van der Waals surface area contributed by atoms with Gasteiger partial charge in [-0.3, -0.25) is 0 Å². The Morgan fingerprint density at radius 1 is 1.17 bits per heavy atom. The number of anilines is 1. The first-order chi connectivity index (χ1) is 14.3. The highest BCUT2D eigenvalue weighted by atomic mass is 16.5. The van der Waals surface area contributed by atoms with Gasteiger partial charge in [0.05, 0.1) is 11.7 Å². The molecule has 0 bridgehead atoms. The molecule has 1 aliphatic heterocycles. The predicted molar refractivity (Wildman–Crippen MR) is 126 cm³/mol. The number of piperidine rings is 1. The van der Waals surface area contributed by atoms with Crippen LogP contribution < -0.4 is 15.0 Å². The van der Waals surface area contributed by atoms with Crippen LogP contribution in [-0.4, -0.2) is 43.0 Å². The Bertz CT molecular complexity index is 790. The van der Waals surface area contributed by atoms with E-state index >= 15 is 0 Å². The van der Waals surface area contributed by atoms with Crippen LogP contribution in [0.4, 0.5) is 5.69 Å². The van der Waals surface area contributed by atoms with E-state index in [1.807, 2.05) is 26.0 Å². The van der Waals surface area contributed by atoms with Crippen molar-refractivity contribution in [3.8, 4) is 5.75 Å². The van der Waals surface area contributed by atoms with Crippen LogP contribution in [0.3, 0.4) is 0 Å². The minimum atomic E-state index is -0.587. The maximum atomic E-state index is 11.2. The first kappa shape index (κ1) is 22.6. The summed E-state index contributed by atoms with van der Waals surface area (Å²) in [4.78, 5) is 2.22. The van der Waals surface area contributed by atoms with Gasteiger partial charge in [0.25, 0.3) is 0 Å². The number of aryl methyl sites for hydroxylation is 2. The SMILES string of the molecule is Cc1ccccc1CCC1CC(O)(CCN(C)c2ccc(OC(C)C)cc2)CCN1. The predicted octanol–water partition coefficient (Wildman–Crippen LogP) is 4.72. The fourth-order valence-corrected chi connectivity index (χ4v) is 4.35. The monoisotopic (exact) mass is 410 g/mol. The van der Waals surface area contributed by atoms with Crippen molar-refractivity contribution in [2.45, 2.75) is 70.6 Å². The van der Waals surface area contributed by atoms with E-state index < -0.39 is 5.60 Å². The van der Waals surface area contributed by atoms with Crippen molar-refractivity contribution in [1.82, 2.24) is 5.32 Å². The molecule has 2 unspecified atom stereocenters. The van der Waals surface area contributed by atoms with E-state index in [9.17, 15) is 5.11 Å². The van der Waals surface area contributed by atoms with Crippen LogP contribution in [0.2, 0.25) is 0 Å². The molecule has 1 heterocycles. The van der Waals surface area contributed by atoms with Gasteiger partial charge in [0.15, 0.2) is 0 Å². The molecule has 0 radical (unpaired) electrons. The number of rotatable bonds is 9. The lowest BCUT2D eigenvalue weighted by atomic mass is 9.83. The van der Waals surface area contributed by atoms with E-state index in [0.717, 1.165) is 56.6 Å². The number of benzene rings is 2. The Kier molecular flexibility index (Phi) is 7.79. The second-order valence-corrected chi connectivity index (χ2v) is 9.13.